The first-order chi connectivity index (χ1) is 11.0. The molecular formula is C17H20N4O2. The molecule has 0 radical (unpaired) electrons. The first kappa shape index (κ1) is 15.3. The number of amides is 2. The normalized spacial score (nSPS) is 17.5. The first-order valence-electron chi connectivity index (χ1n) is 7.59. The minimum Gasteiger partial charge on any atom is -0.364 e. The van der Waals surface area contributed by atoms with E-state index >= 15 is 0 Å². The zero-order valence-electron chi connectivity index (χ0n) is 13.0. The highest BCUT2D eigenvalue weighted by atomic mass is 16.2. The average Bonchev–Trinajstić information content (AvgIpc) is 2.85. The third kappa shape index (κ3) is 3.27. The lowest BCUT2D eigenvalue weighted by Gasteiger charge is -2.39. The summed E-state index contributed by atoms with van der Waals surface area (Å²) in [5.41, 5.74) is 7.44. The van der Waals surface area contributed by atoms with Gasteiger partial charge in [0, 0.05) is 26.3 Å². The highest BCUT2D eigenvalue weighted by Gasteiger charge is 2.34. The van der Waals surface area contributed by atoms with Crippen molar-refractivity contribution < 1.29 is 9.59 Å². The zero-order chi connectivity index (χ0) is 16.4. The van der Waals surface area contributed by atoms with Crippen molar-refractivity contribution in [2.75, 3.05) is 11.9 Å². The van der Waals surface area contributed by atoms with Crippen molar-refractivity contribution in [2.45, 2.75) is 19.0 Å². The third-order valence-corrected chi connectivity index (χ3v) is 4.19. The highest BCUT2D eigenvalue weighted by Crippen LogP contribution is 2.22. The van der Waals surface area contributed by atoms with E-state index in [1.807, 2.05) is 18.2 Å². The fourth-order valence-corrected chi connectivity index (χ4v) is 2.85. The number of carbonyl (C=O) groups excluding carboxylic acids is 2. The van der Waals surface area contributed by atoms with Crippen LogP contribution in [0.4, 0.5) is 5.69 Å². The molecule has 1 aliphatic heterocycles. The number of hydrogen-bond acceptors (Lipinski definition) is 3. The summed E-state index contributed by atoms with van der Waals surface area (Å²) in [4.78, 5) is 25.8. The van der Waals surface area contributed by atoms with E-state index in [-0.39, 0.29) is 11.9 Å². The maximum Gasteiger partial charge on any atom is 0.265 e. The molecule has 6 nitrogen and oxygen atoms in total. The van der Waals surface area contributed by atoms with Gasteiger partial charge in [0.1, 0.15) is 5.69 Å². The van der Waals surface area contributed by atoms with Crippen molar-refractivity contribution in [3.8, 4) is 0 Å². The number of aryl methyl sites for hydroxylation is 1. The Hall–Kier alpha value is -2.60. The van der Waals surface area contributed by atoms with Crippen molar-refractivity contribution >= 4 is 17.5 Å². The van der Waals surface area contributed by atoms with Crippen LogP contribution >= 0.6 is 0 Å². The Morgan fingerprint density at radius 3 is 2.61 bits per heavy atom. The number of nitrogens with two attached hydrogens (primary N) is 1. The van der Waals surface area contributed by atoms with Crippen LogP contribution < -0.4 is 11.1 Å². The van der Waals surface area contributed by atoms with Gasteiger partial charge >= 0.3 is 0 Å². The SMILES string of the molecule is Cn1cc(NC(=O)C2CCN2Cc2ccccc2)cc1C(N)=O. The maximum absolute atomic E-state index is 12.4. The molecule has 3 N–H and O–H groups in total. The number of aromatic nitrogens is 1. The summed E-state index contributed by atoms with van der Waals surface area (Å²) >= 11 is 0. The van der Waals surface area contributed by atoms with Crippen LogP contribution in [0.5, 0.6) is 0 Å². The van der Waals surface area contributed by atoms with E-state index in [0.29, 0.717) is 11.4 Å². The molecule has 2 aromatic rings. The van der Waals surface area contributed by atoms with E-state index in [0.717, 1.165) is 19.5 Å². The molecule has 1 saturated heterocycles. The van der Waals surface area contributed by atoms with Crippen molar-refractivity contribution in [2.24, 2.45) is 12.8 Å². The van der Waals surface area contributed by atoms with Crippen molar-refractivity contribution in [3.05, 3.63) is 53.9 Å². The molecule has 1 aliphatic rings. The van der Waals surface area contributed by atoms with Crippen molar-refractivity contribution in [3.63, 3.8) is 0 Å². The van der Waals surface area contributed by atoms with Gasteiger partial charge in [-0.3, -0.25) is 14.5 Å². The molecular weight excluding hydrogens is 292 g/mol. The van der Waals surface area contributed by atoms with Gasteiger partial charge in [-0.1, -0.05) is 30.3 Å². The highest BCUT2D eigenvalue weighted by molar-refractivity contribution is 5.98. The molecule has 0 saturated carbocycles. The lowest BCUT2D eigenvalue weighted by molar-refractivity contribution is -0.125. The Kier molecular flexibility index (Phi) is 4.16. The Balaban J connectivity index is 1.62. The first-order valence-corrected chi connectivity index (χ1v) is 7.59. The molecule has 1 atom stereocenters. The zero-order valence-corrected chi connectivity index (χ0v) is 13.0. The molecule has 1 aromatic heterocycles. The molecule has 0 spiro atoms. The standard InChI is InChI=1S/C17H20N4O2/c1-20-11-13(9-15(20)16(18)22)19-17(23)14-7-8-21(14)10-12-5-3-2-4-6-12/h2-6,9,11,14H,7-8,10H2,1H3,(H2,18,22)(H,19,23). The molecule has 3 rings (SSSR count). The fraction of sp³-hybridized carbons (Fsp3) is 0.294. The van der Waals surface area contributed by atoms with Crippen molar-refractivity contribution in [1.82, 2.24) is 9.47 Å². The van der Waals surface area contributed by atoms with Crippen LogP contribution in [0.25, 0.3) is 0 Å². The molecule has 23 heavy (non-hydrogen) atoms. The average molecular weight is 312 g/mol. The van der Waals surface area contributed by atoms with Crippen LogP contribution in [0.3, 0.4) is 0 Å². The number of benzene rings is 1. The number of nitrogens with zero attached hydrogens (tertiary/aromatic N) is 2. The predicted octanol–water partition coefficient (Wildman–Crippen LogP) is 1.34. The van der Waals surface area contributed by atoms with Gasteiger partial charge in [-0.15, -0.1) is 0 Å². The molecule has 1 unspecified atom stereocenters. The second-order valence-electron chi connectivity index (χ2n) is 5.84. The molecule has 0 bridgehead atoms. The van der Waals surface area contributed by atoms with E-state index < -0.39 is 5.91 Å². The van der Waals surface area contributed by atoms with Gasteiger partial charge < -0.3 is 15.6 Å². The number of carbonyl (C=O) groups is 2. The minimum atomic E-state index is -0.512. The second kappa shape index (κ2) is 6.26. The summed E-state index contributed by atoms with van der Waals surface area (Å²) in [7, 11) is 1.72. The summed E-state index contributed by atoms with van der Waals surface area (Å²) < 4.78 is 1.61. The molecule has 1 fully saturated rings. The Morgan fingerprint density at radius 2 is 2.04 bits per heavy atom. The molecule has 2 amide bonds. The van der Waals surface area contributed by atoms with Crippen LogP contribution in [0.2, 0.25) is 0 Å². The summed E-state index contributed by atoms with van der Waals surface area (Å²) in [5, 5.41) is 2.87. The summed E-state index contributed by atoms with van der Waals surface area (Å²) in [6, 6.07) is 11.6. The van der Waals surface area contributed by atoms with Crippen molar-refractivity contribution in [1.29, 1.82) is 0 Å². The number of rotatable bonds is 5. The fourth-order valence-electron chi connectivity index (χ4n) is 2.85. The predicted molar refractivity (Wildman–Crippen MR) is 87.8 cm³/mol. The van der Waals surface area contributed by atoms with E-state index in [1.165, 1.54) is 5.56 Å². The van der Waals surface area contributed by atoms with Gasteiger partial charge in [-0.25, -0.2) is 0 Å². The van der Waals surface area contributed by atoms with Gasteiger partial charge in [-0.05, 0) is 18.1 Å². The van der Waals surface area contributed by atoms with Crippen LogP contribution in [0.1, 0.15) is 22.5 Å². The lowest BCUT2D eigenvalue weighted by Crippen LogP contribution is -2.53. The topological polar surface area (TPSA) is 80.4 Å². The molecule has 6 heteroatoms. The Morgan fingerprint density at radius 1 is 1.30 bits per heavy atom. The van der Waals surface area contributed by atoms with Gasteiger partial charge in [0.05, 0.1) is 11.7 Å². The summed E-state index contributed by atoms with van der Waals surface area (Å²) in [5.74, 6) is -0.559. The van der Waals surface area contributed by atoms with Gasteiger partial charge in [0.15, 0.2) is 0 Å². The van der Waals surface area contributed by atoms with Crippen LogP contribution in [0.15, 0.2) is 42.6 Å². The molecule has 1 aromatic carbocycles. The number of anilines is 1. The van der Waals surface area contributed by atoms with Gasteiger partial charge in [0.2, 0.25) is 5.91 Å². The van der Waals surface area contributed by atoms with Gasteiger partial charge in [0.25, 0.3) is 5.91 Å². The van der Waals surface area contributed by atoms with Gasteiger partial charge in [-0.2, -0.15) is 0 Å². The largest absolute Gasteiger partial charge is 0.364 e. The third-order valence-electron chi connectivity index (χ3n) is 4.19. The molecule has 0 aliphatic carbocycles. The number of hydrogen-bond donors (Lipinski definition) is 2. The van der Waals surface area contributed by atoms with E-state index in [9.17, 15) is 9.59 Å². The summed E-state index contributed by atoms with van der Waals surface area (Å²) in [6.45, 7) is 1.68. The lowest BCUT2D eigenvalue weighted by atomic mass is 10.0. The van der Waals surface area contributed by atoms with Crippen LogP contribution in [-0.2, 0) is 18.4 Å². The number of primary amides is 1. The summed E-state index contributed by atoms with van der Waals surface area (Å²) in [6.07, 6.45) is 2.53. The number of nitrogens with one attached hydrogen (secondary N) is 1. The quantitative estimate of drug-likeness (QED) is 0.874. The number of likely N-dealkylation sites (tertiary alicyclic amines) is 1. The van der Waals surface area contributed by atoms with Crippen LogP contribution in [-0.4, -0.2) is 33.9 Å². The minimum absolute atomic E-state index is 0.0474. The monoisotopic (exact) mass is 312 g/mol. The van der Waals surface area contributed by atoms with E-state index in [4.69, 9.17) is 5.73 Å². The molecule has 2 heterocycles. The van der Waals surface area contributed by atoms with E-state index in [1.54, 1.807) is 23.9 Å². The Labute approximate surface area is 134 Å². The Bertz CT molecular complexity index is 723. The molecule has 120 valence electrons. The second-order valence-corrected chi connectivity index (χ2v) is 5.84. The van der Waals surface area contributed by atoms with E-state index in [2.05, 4.69) is 22.3 Å². The smallest absolute Gasteiger partial charge is 0.265 e. The maximum atomic E-state index is 12.4. The van der Waals surface area contributed by atoms with Crippen LogP contribution in [0, 0.1) is 0 Å².